The molecule has 1 N–H and O–H groups in total. The Morgan fingerprint density at radius 3 is 2.76 bits per heavy atom. The molecule has 5 nitrogen and oxygen atoms in total. The van der Waals surface area contributed by atoms with Crippen LogP contribution in [-0.2, 0) is 0 Å². The van der Waals surface area contributed by atoms with Gasteiger partial charge >= 0.3 is 0 Å². The van der Waals surface area contributed by atoms with Crippen LogP contribution in [0, 0.1) is 6.92 Å². The van der Waals surface area contributed by atoms with Crippen molar-refractivity contribution in [3.63, 3.8) is 0 Å². The molecule has 0 spiro atoms. The van der Waals surface area contributed by atoms with Gasteiger partial charge in [-0.25, -0.2) is 15.0 Å². The van der Waals surface area contributed by atoms with E-state index in [4.69, 9.17) is 4.74 Å². The fourth-order valence-electron chi connectivity index (χ4n) is 1.52. The molecule has 17 heavy (non-hydrogen) atoms. The maximum atomic E-state index is 5.09. The number of ether oxygens (including phenoxy) is 1. The molecule has 0 bridgehead atoms. The molecule has 0 aliphatic carbocycles. The largest absolute Gasteiger partial charge is 0.481 e. The molecule has 0 unspecified atom stereocenters. The van der Waals surface area contributed by atoms with Gasteiger partial charge < -0.3 is 10.1 Å². The topological polar surface area (TPSA) is 59.9 Å². The zero-order chi connectivity index (χ0) is 12.3. The quantitative estimate of drug-likeness (QED) is 0.872. The Labute approximate surface area is 99.9 Å². The summed E-state index contributed by atoms with van der Waals surface area (Å²) < 4.78 is 5.09. The molecule has 2 rings (SSSR count). The third kappa shape index (κ3) is 2.50. The fourth-order valence-corrected chi connectivity index (χ4v) is 1.52. The van der Waals surface area contributed by atoms with Gasteiger partial charge in [-0.15, -0.1) is 0 Å². The lowest BCUT2D eigenvalue weighted by molar-refractivity contribution is 0.398. The van der Waals surface area contributed by atoms with Crippen LogP contribution in [0.2, 0.25) is 0 Å². The third-order valence-electron chi connectivity index (χ3n) is 2.33. The van der Waals surface area contributed by atoms with E-state index in [2.05, 4.69) is 20.3 Å². The summed E-state index contributed by atoms with van der Waals surface area (Å²) in [5, 5.41) is 3.01. The molecule has 0 aromatic carbocycles. The van der Waals surface area contributed by atoms with Crippen LogP contribution in [0.15, 0.2) is 24.4 Å². The average Bonchev–Trinajstić information content (AvgIpc) is 2.38. The first-order valence-corrected chi connectivity index (χ1v) is 5.27. The van der Waals surface area contributed by atoms with Gasteiger partial charge in [0.05, 0.1) is 12.8 Å². The number of nitrogens with zero attached hydrogens (tertiary/aromatic N) is 3. The Balaban J connectivity index is 2.47. The maximum Gasteiger partial charge on any atom is 0.213 e. The molecule has 0 saturated carbocycles. The minimum Gasteiger partial charge on any atom is -0.481 e. The Kier molecular flexibility index (Phi) is 3.18. The highest BCUT2D eigenvalue weighted by Crippen LogP contribution is 2.22. The van der Waals surface area contributed by atoms with Crippen molar-refractivity contribution in [1.82, 2.24) is 15.0 Å². The molecule has 0 amide bonds. The van der Waals surface area contributed by atoms with E-state index in [1.54, 1.807) is 13.3 Å². The lowest BCUT2D eigenvalue weighted by Gasteiger charge is -2.06. The number of hydrogen-bond acceptors (Lipinski definition) is 5. The SMILES string of the molecule is CNc1cc(-c2ccnc(OC)c2)nc(C)n1. The molecule has 2 heterocycles. The normalized spacial score (nSPS) is 10.1. The van der Waals surface area contributed by atoms with Gasteiger partial charge in [0.25, 0.3) is 0 Å². The fraction of sp³-hybridized carbons (Fsp3) is 0.250. The summed E-state index contributed by atoms with van der Waals surface area (Å²) in [5.41, 5.74) is 1.81. The second kappa shape index (κ2) is 4.78. The molecule has 0 atom stereocenters. The average molecular weight is 230 g/mol. The molecule has 0 radical (unpaired) electrons. The monoisotopic (exact) mass is 230 g/mol. The second-order valence-corrected chi connectivity index (χ2v) is 3.52. The Morgan fingerprint density at radius 2 is 2.06 bits per heavy atom. The van der Waals surface area contributed by atoms with Gasteiger partial charge in [0.1, 0.15) is 11.6 Å². The number of hydrogen-bond donors (Lipinski definition) is 1. The Hall–Kier alpha value is -2.17. The first kappa shape index (κ1) is 11.3. The Morgan fingerprint density at radius 1 is 1.24 bits per heavy atom. The van der Waals surface area contributed by atoms with Crippen LogP contribution >= 0.6 is 0 Å². The predicted molar refractivity (Wildman–Crippen MR) is 66.1 cm³/mol. The molecule has 0 fully saturated rings. The molecule has 88 valence electrons. The molecule has 0 aliphatic heterocycles. The van der Waals surface area contributed by atoms with Gasteiger partial charge in [-0.05, 0) is 13.0 Å². The minimum atomic E-state index is 0.574. The summed E-state index contributed by atoms with van der Waals surface area (Å²) >= 11 is 0. The number of anilines is 1. The van der Waals surface area contributed by atoms with Crippen molar-refractivity contribution < 1.29 is 4.74 Å². The van der Waals surface area contributed by atoms with Crippen LogP contribution in [0.3, 0.4) is 0 Å². The van der Waals surface area contributed by atoms with Crippen LogP contribution in [-0.4, -0.2) is 29.1 Å². The summed E-state index contributed by atoms with van der Waals surface area (Å²) in [6.45, 7) is 1.86. The first-order valence-electron chi connectivity index (χ1n) is 5.27. The van der Waals surface area contributed by atoms with Gasteiger partial charge in [-0.2, -0.15) is 0 Å². The van der Waals surface area contributed by atoms with E-state index in [1.165, 1.54) is 0 Å². The van der Waals surface area contributed by atoms with Gasteiger partial charge in [0.2, 0.25) is 5.88 Å². The van der Waals surface area contributed by atoms with E-state index in [9.17, 15) is 0 Å². The highest BCUT2D eigenvalue weighted by Gasteiger charge is 2.05. The molecular weight excluding hydrogens is 216 g/mol. The van der Waals surface area contributed by atoms with Crippen molar-refractivity contribution in [3.05, 3.63) is 30.2 Å². The number of rotatable bonds is 3. The summed E-state index contributed by atoms with van der Waals surface area (Å²) in [4.78, 5) is 12.7. The third-order valence-corrected chi connectivity index (χ3v) is 2.33. The highest BCUT2D eigenvalue weighted by atomic mass is 16.5. The smallest absolute Gasteiger partial charge is 0.213 e. The van der Waals surface area contributed by atoms with Gasteiger partial charge in [0, 0.05) is 30.9 Å². The lowest BCUT2D eigenvalue weighted by Crippen LogP contribution is -1.98. The Bertz CT molecular complexity index is 528. The van der Waals surface area contributed by atoms with E-state index < -0.39 is 0 Å². The van der Waals surface area contributed by atoms with Crippen LogP contribution in [0.5, 0.6) is 5.88 Å². The predicted octanol–water partition coefficient (Wildman–Crippen LogP) is 1.90. The summed E-state index contributed by atoms with van der Waals surface area (Å²) in [6.07, 6.45) is 1.70. The van der Waals surface area contributed by atoms with E-state index in [1.807, 2.05) is 32.2 Å². The number of nitrogens with one attached hydrogen (secondary N) is 1. The van der Waals surface area contributed by atoms with Crippen LogP contribution in [0.1, 0.15) is 5.82 Å². The van der Waals surface area contributed by atoms with Crippen molar-refractivity contribution in [3.8, 4) is 17.1 Å². The van der Waals surface area contributed by atoms with E-state index in [0.29, 0.717) is 5.88 Å². The van der Waals surface area contributed by atoms with Crippen LogP contribution in [0.4, 0.5) is 5.82 Å². The van der Waals surface area contributed by atoms with Gasteiger partial charge in [0.15, 0.2) is 0 Å². The standard InChI is InChI=1S/C12H14N4O/c1-8-15-10(7-11(13-2)16-8)9-4-5-14-12(6-9)17-3/h4-7H,1-3H3,(H,13,15,16). The van der Waals surface area contributed by atoms with Crippen molar-refractivity contribution in [2.75, 3.05) is 19.5 Å². The zero-order valence-corrected chi connectivity index (χ0v) is 10.1. The highest BCUT2D eigenvalue weighted by molar-refractivity contribution is 5.63. The summed E-state index contributed by atoms with van der Waals surface area (Å²) in [6, 6.07) is 5.63. The number of aryl methyl sites for hydroxylation is 1. The molecule has 2 aromatic rings. The molecule has 2 aromatic heterocycles. The van der Waals surface area contributed by atoms with Gasteiger partial charge in [-0.1, -0.05) is 0 Å². The summed E-state index contributed by atoms with van der Waals surface area (Å²) in [7, 11) is 3.43. The van der Waals surface area contributed by atoms with E-state index in [-0.39, 0.29) is 0 Å². The van der Waals surface area contributed by atoms with Crippen LogP contribution < -0.4 is 10.1 Å². The van der Waals surface area contributed by atoms with Crippen LogP contribution in [0.25, 0.3) is 11.3 Å². The maximum absolute atomic E-state index is 5.09. The van der Waals surface area contributed by atoms with E-state index in [0.717, 1.165) is 22.9 Å². The summed E-state index contributed by atoms with van der Waals surface area (Å²) in [5.74, 6) is 2.09. The number of pyridine rings is 1. The second-order valence-electron chi connectivity index (χ2n) is 3.52. The van der Waals surface area contributed by atoms with Gasteiger partial charge in [-0.3, -0.25) is 0 Å². The first-order chi connectivity index (χ1) is 8.22. The van der Waals surface area contributed by atoms with Crippen molar-refractivity contribution in [1.29, 1.82) is 0 Å². The zero-order valence-electron chi connectivity index (χ0n) is 10.1. The number of methoxy groups -OCH3 is 1. The number of aromatic nitrogens is 3. The van der Waals surface area contributed by atoms with E-state index >= 15 is 0 Å². The minimum absolute atomic E-state index is 0.574. The molecule has 0 saturated heterocycles. The molecule has 0 aliphatic rings. The van der Waals surface area contributed by atoms with Crippen molar-refractivity contribution >= 4 is 5.82 Å². The van der Waals surface area contributed by atoms with Crippen molar-refractivity contribution in [2.45, 2.75) is 6.92 Å². The molecular formula is C12H14N4O. The lowest BCUT2D eigenvalue weighted by atomic mass is 10.2. The van der Waals surface area contributed by atoms with Crippen molar-refractivity contribution in [2.24, 2.45) is 0 Å². The molecule has 5 heteroatoms.